The molecule has 0 saturated heterocycles. The first-order valence-corrected chi connectivity index (χ1v) is 7.36. The van der Waals surface area contributed by atoms with Crippen molar-refractivity contribution in [3.8, 4) is 0 Å². The van der Waals surface area contributed by atoms with Gasteiger partial charge < -0.3 is 0 Å². The lowest BCUT2D eigenvalue weighted by atomic mass is 10.3. The van der Waals surface area contributed by atoms with Gasteiger partial charge in [-0.2, -0.15) is 4.39 Å². The third-order valence-corrected chi connectivity index (χ3v) is 4.73. The molecule has 0 bridgehead atoms. The van der Waals surface area contributed by atoms with E-state index in [-0.39, 0.29) is 5.69 Å². The Balaban J connectivity index is 2.46. The summed E-state index contributed by atoms with van der Waals surface area (Å²) in [5.74, 6) is -1.90. The number of hydrogen-bond donors (Lipinski definition) is 0. The minimum atomic E-state index is -4.17. The monoisotopic (exact) mass is 328 g/mol. The molecular weight excluding hydrogens is 318 g/mol. The molecule has 2 aromatic rings. The van der Waals surface area contributed by atoms with Crippen LogP contribution in [0.1, 0.15) is 0 Å². The number of nitro benzene ring substituents is 1. The van der Waals surface area contributed by atoms with Crippen LogP contribution >= 0.6 is 0 Å². The van der Waals surface area contributed by atoms with Gasteiger partial charge in [0.1, 0.15) is 5.82 Å². The van der Waals surface area contributed by atoms with Crippen molar-refractivity contribution >= 4 is 21.4 Å². The first-order chi connectivity index (χ1) is 10.2. The third kappa shape index (κ3) is 2.89. The summed E-state index contributed by atoms with van der Waals surface area (Å²) in [6.07, 6.45) is 0. The molecular formula is C13H10F2N2O4S. The molecule has 0 N–H and O–H groups in total. The molecule has 6 nitrogen and oxygen atoms in total. The maximum atomic E-state index is 13.6. The Morgan fingerprint density at radius 3 is 2.36 bits per heavy atom. The van der Waals surface area contributed by atoms with E-state index in [0.29, 0.717) is 6.07 Å². The standard InChI is InChI=1S/C13H10F2N2O4S/c1-16(10-4-2-3-9(14)7-10)22(20,21)11-5-6-13(17(18)19)12(15)8-11/h2-8H,1H3. The predicted octanol–water partition coefficient (Wildman–Crippen LogP) is 2.70. The molecule has 0 unspecified atom stereocenters. The predicted molar refractivity (Wildman–Crippen MR) is 75.0 cm³/mol. The summed E-state index contributed by atoms with van der Waals surface area (Å²) in [6.45, 7) is 0. The van der Waals surface area contributed by atoms with E-state index < -0.39 is 37.2 Å². The summed E-state index contributed by atoms with van der Waals surface area (Å²) in [5.41, 5.74) is -0.786. The second kappa shape index (κ2) is 5.68. The molecule has 9 heteroatoms. The van der Waals surface area contributed by atoms with Crippen molar-refractivity contribution in [1.29, 1.82) is 0 Å². The number of nitrogens with zero attached hydrogens (tertiary/aromatic N) is 2. The van der Waals surface area contributed by atoms with Crippen LogP contribution in [0.5, 0.6) is 0 Å². The zero-order valence-electron chi connectivity index (χ0n) is 11.2. The summed E-state index contributed by atoms with van der Waals surface area (Å²) in [7, 11) is -3.00. The Morgan fingerprint density at radius 2 is 1.82 bits per heavy atom. The second-order valence-electron chi connectivity index (χ2n) is 4.32. The Bertz CT molecular complexity index is 840. The Hall–Kier alpha value is -2.55. The molecule has 0 aliphatic carbocycles. The van der Waals surface area contributed by atoms with Crippen LogP contribution < -0.4 is 4.31 Å². The smallest absolute Gasteiger partial charge is 0.269 e. The van der Waals surface area contributed by atoms with Crippen LogP contribution in [0, 0.1) is 21.7 Å². The highest BCUT2D eigenvalue weighted by molar-refractivity contribution is 7.92. The minimum absolute atomic E-state index is 0.0405. The van der Waals surface area contributed by atoms with Gasteiger partial charge >= 0.3 is 5.69 Å². The number of rotatable bonds is 4. The Morgan fingerprint density at radius 1 is 1.14 bits per heavy atom. The molecule has 2 rings (SSSR count). The summed E-state index contributed by atoms with van der Waals surface area (Å²) < 4.78 is 52.2. The van der Waals surface area contributed by atoms with Crippen LogP contribution in [0.2, 0.25) is 0 Å². The number of benzene rings is 2. The minimum Gasteiger partial charge on any atom is -0.269 e. The zero-order chi connectivity index (χ0) is 16.5. The van der Waals surface area contributed by atoms with Gasteiger partial charge in [-0.15, -0.1) is 0 Å². The average molecular weight is 328 g/mol. The van der Waals surface area contributed by atoms with Crippen molar-refractivity contribution in [2.75, 3.05) is 11.4 Å². The van der Waals surface area contributed by atoms with E-state index in [4.69, 9.17) is 0 Å². The lowest BCUT2D eigenvalue weighted by Gasteiger charge is -2.19. The molecule has 0 aliphatic rings. The van der Waals surface area contributed by atoms with Gasteiger partial charge in [0.15, 0.2) is 0 Å². The van der Waals surface area contributed by atoms with Crippen LogP contribution in [-0.2, 0) is 10.0 Å². The van der Waals surface area contributed by atoms with E-state index in [0.717, 1.165) is 28.6 Å². The van der Waals surface area contributed by atoms with Gasteiger partial charge in [-0.3, -0.25) is 14.4 Å². The number of nitro groups is 1. The molecule has 0 aromatic heterocycles. The van der Waals surface area contributed by atoms with E-state index in [9.17, 15) is 27.3 Å². The first kappa shape index (κ1) is 15.8. The van der Waals surface area contributed by atoms with Crippen LogP contribution in [-0.4, -0.2) is 20.4 Å². The van der Waals surface area contributed by atoms with E-state index in [2.05, 4.69) is 0 Å². The van der Waals surface area contributed by atoms with Gasteiger partial charge in [-0.25, -0.2) is 12.8 Å². The summed E-state index contributed by atoms with van der Waals surface area (Å²) in [4.78, 5) is 9.11. The quantitative estimate of drug-likeness (QED) is 0.638. The van der Waals surface area contributed by atoms with Crippen LogP contribution in [0.25, 0.3) is 0 Å². The van der Waals surface area contributed by atoms with Crippen molar-refractivity contribution in [1.82, 2.24) is 0 Å². The topological polar surface area (TPSA) is 80.5 Å². The van der Waals surface area contributed by atoms with Crippen LogP contribution in [0.3, 0.4) is 0 Å². The van der Waals surface area contributed by atoms with Crippen molar-refractivity contribution in [2.45, 2.75) is 4.90 Å². The number of halogens is 2. The summed E-state index contributed by atoms with van der Waals surface area (Å²) in [6, 6.07) is 7.08. The second-order valence-corrected chi connectivity index (χ2v) is 6.29. The summed E-state index contributed by atoms with van der Waals surface area (Å²) >= 11 is 0. The van der Waals surface area contributed by atoms with Crippen molar-refractivity contribution in [3.63, 3.8) is 0 Å². The Kier molecular flexibility index (Phi) is 4.09. The fourth-order valence-electron chi connectivity index (χ4n) is 1.77. The average Bonchev–Trinajstić information content (AvgIpc) is 2.45. The van der Waals surface area contributed by atoms with Gasteiger partial charge in [0.25, 0.3) is 10.0 Å². The third-order valence-electron chi connectivity index (χ3n) is 2.95. The van der Waals surface area contributed by atoms with Gasteiger partial charge in [-0.05, 0) is 24.3 Å². The van der Waals surface area contributed by atoms with Crippen molar-refractivity contribution in [2.24, 2.45) is 0 Å². The number of hydrogen-bond acceptors (Lipinski definition) is 4. The van der Waals surface area contributed by atoms with Gasteiger partial charge in [0.2, 0.25) is 5.82 Å². The lowest BCUT2D eigenvalue weighted by molar-refractivity contribution is -0.387. The highest BCUT2D eigenvalue weighted by Crippen LogP contribution is 2.26. The molecule has 0 amide bonds. The van der Waals surface area contributed by atoms with Gasteiger partial charge in [0, 0.05) is 19.2 Å². The molecule has 0 radical (unpaired) electrons. The van der Waals surface area contributed by atoms with Crippen molar-refractivity contribution < 1.29 is 22.1 Å². The van der Waals surface area contributed by atoms with E-state index in [1.54, 1.807) is 0 Å². The van der Waals surface area contributed by atoms with E-state index in [1.807, 2.05) is 0 Å². The van der Waals surface area contributed by atoms with Crippen LogP contribution in [0.4, 0.5) is 20.2 Å². The first-order valence-electron chi connectivity index (χ1n) is 5.92. The molecule has 0 fully saturated rings. The van der Waals surface area contributed by atoms with E-state index in [1.165, 1.54) is 19.2 Å². The molecule has 2 aromatic carbocycles. The molecule has 116 valence electrons. The lowest BCUT2D eigenvalue weighted by Crippen LogP contribution is -2.26. The highest BCUT2D eigenvalue weighted by Gasteiger charge is 2.25. The SMILES string of the molecule is CN(c1cccc(F)c1)S(=O)(=O)c1ccc([N+](=O)[O-])c(F)c1. The van der Waals surface area contributed by atoms with Crippen LogP contribution in [0.15, 0.2) is 47.4 Å². The van der Waals surface area contributed by atoms with E-state index >= 15 is 0 Å². The highest BCUT2D eigenvalue weighted by atomic mass is 32.2. The maximum Gasteiger partial charge on any atom is 0.304 e. The molecule has 0 spiro atoms. The van der Waals surface area contributed by atoms with Gasteiger partial charge in [0.05, 0.1) is 15.5 Å². The fraction of sp³-hybridized carbons (Fsp3) is 0.0769. The van der Waals surface area contributed by atoms with Crippen molar-refractivity contribution in [3.05, 3.63) is 64.2 Å². The normalized spacial score (nSPS) is 11.2. The molecule has 0 aliphatic heterocycles. The zero-order valence-corrected chi connectivity index (χ0v) is 12.0. The van der Waals surface area contributed by atoms with Gasteiger partial charge in [-0.1, -0.05) is 6.07 Å². The maximum absolute atomic E-state index is 13.6. The molecule has 0 heterocycles. The number of anilines is 1. The molecule has 0 saturated carbocycles. The number of sulfonamides is 1. The molecule has 22 heavy (non-hydrogen) atoms. The summed E-state index contributed by atoms with van der Waals surface area (Å²) in [5, 5.41) is 10.5. The largest absolute Gasteiger partial charge is 0.304 e. The Labute approximate surface area is 124 Å². The fourth-order valence-corrected chi connectivity index (χ4v) is 2.96. The molecule has 0 atom stereocenters.